The van der Waals surface area contributed by atoms with Crippen LogP contribution in [-0.4, -0.2) is 30.1 Å². The van der Waals surface area contributed by atoms with Gasteiger partial charge in [-0.05, 0) is 18.9 Å². The molecular formula is C14H22Cl2IN5. The van der Waals surface area contributed by atoms with Crippen LogP contribution in [0.25, 0.3) is 0 Å². The average molecular weight is 458 g/mol. The first-order valence-electron chi connectivity index (χ1n) is 7.26. The molecular weight excluding hydrogens is 436 g/mol. The number of nitrogens with one attached hydrogen (secondary N) is 2. The summed E-state index contributed by atoms with van der Waals surface area (Å²) in [6, 6.07) is 2.13. The van der Waals surface area contributed by atoms with Crippen LogP contribution in [0.5, 0.6) is 0 Å². The fraction of sp³-hybridized carbons (Fsp3) is 0.571. The molecule has 4 N–H and O–H groups in total. The number of rotatable bonds is 5. The van der Waals surface area contributed by atoms with Crippen molar-refractivity contribution in [1.82, 2.24) is 10.3 Å². The maximum absolute atomic E-state index is 6.02. The SMILES string of the molecule is I.NC(=NCCNc1ncc(Cl)cc1Cl)NC1CCCCC1. The van der Waals surface area contributed by atoms with Crippen molar-refractivity contribution in [3.05, 3.63) is 22.3 Å². The van der Waals surface area contributed by atoms with E-state index < -0.39 is 0 Å². The minimum absolute atomic E-state index is 0. The maximum atomic E-state index is 6.02. The molecule has 0 atom stereocenters. The lowest BCUT2D eigenvalue weighted by atomic mass is 9.96. The molecule has 8 heteroatoms. The summed E-state index contributed by atoms with van der Waals surface area (Å²) < 4.78 is 0. The zero-order chi connectivity index (χ0) is 15.1. The Morgan fingerprint density at radius 3 is 2.73 bits per heavy atom. The van der Waals surface area contributed by atoms with Gasteiger partial charge in [0.1, 0.15) is 5.82 Å². The second-order valence-corrected chi connectivity index (χ2v) is 6.00. The van der Waals surface area contributed by atoms with Crippen molar-refractivity contribution < 1.29 is 0 Å². The predicted octanol–water partition coefficient (Wildman–Crippen LogP) is 3.66. The molecule has 0 unspecified atom stereocenters. The van der Waals surface area contributed by atoms with Gasteiger partial charge in [-0.1, -0.05) is 42.5 Å². The normalized spacial score (nSPS) is 16.0. The number of aromatic nitrogens is 1. The molecule has 1 aromatic rings. The Morgan fingerprint density at radius 1 is 1.32 bits per heavy atom. The van der Waals surface area contributed by atoms with Gasteiger partial charge in [0.25, 0.3) is 0 Å². The van der Waals surface area contributed by atoms with Gasteiger partial charge in [0.15, 0.2) is 5.96 Å². The molecule has 0 bridgehead atoms. The highest BCUT2D eigenvalue weighted by atomic mass is 127. The second-order valence-electron chi connectivity index (χ2n) is 5.16. The van der Waals surface area contributed by atoms with E-state index in [1.165, 1.54) is 32.1 Å². The topological polar surface area (TPSA) is 75.3 Å². The van der Waals surface area contributed by atoms with Gasteiger partial charge in [-0.3, -0.25) is 4.99 Å². The number of hydrogen-bond donors (Lipinski definition) is 3. The summed E-state index contributed by atoms with van der Waals surface area (Å²) in [7, 11) is 0. The van der Waals surface area contributed by atoms with Crippen LogP contribution in [0, 0.1) is 0 Å². The molecule has 0 amide bonds. The summed E-state index contributed by atoms with van der Waals surface area (Å²) in [6.45, 7) is 1.17. The van der Waals surface area contributed by atoms with Gasteiger partial charge in [0.2, 0.25) is 0 Å². The van der Waals surface area contributed by atoms with Gasteiger partial charge in [-0.25, -0.2) is 4.98 Å². The number of halogens is 3. The number of nitrogens with two attached hydrogens (primary N) is 1. The molecule has 2 rings (SSSR count). The van der Waals surface area contributed by atoms with Gasteiger partial charge in [0.05, 0.1) is 16.6 Å². The van der Waals surface area contributed by atoms with E-state index in [0.29, 0.717) is 41.0 Å². The van der Waals surface area contributed by atoms with Crippen LogP contribution >= 0.6 is 47.2 Å². The van der Waals surface area contributed by atoms with Crippen LogP contribution < -0.4 is 16.4 Å². The van der Waals surface area contributed by atoms with Crippen molar-refractivity contribution in [2.75, 3.05) is 18.4 Å². The molecule has 1 heterocycles. The number of hydrogen-bond acceptors (Lipinski definition) is 3. The van der Waals surface area contributed by atoms with Gasteiger partial charge in [-0.15, -0.1) is 24.0 Å². The second kappa shape index (κ2) is 10.3. The van der Waals surface area contributed by atoms with Crippen molar-refractivity contribution in [2.45, 2.75) is 38.1 Å². The Labute approximate surface area is 158 Å². The summed E-state index contributed by atoms with van der Waals surface area (Å²) in [5.41, 5.74) is 5.89. The molecule has 0 aliphatic heterocycles. The lowest BCUT2D eigenvalue weighted by Gasteiger charge is -2.23. The van der Waals surface area contributed by atoms with E-state index in [2.05, 4.69) is 20.6 Å². The van der Waals surface area contributed by atoms with Crippen LogP contribution in [0.2, 0.25) is 10.0 Å². The summed E-state index contributed by atoms with van der Waals surface area (Å²) in [5, 5.41) is 7.40. The Balaban J connectivity index is 0.00000242. The molecule has 1 fully saturated rings. The van der Waals surface area contributed by atoms with Crippen molar-refractivity contribution >= 4 is 59.0 Å². The van der Waals surface area contributed by atoms with Crippen LogP contribution in [0.15, 0.2) is 17.3 Å². The minimum atomic E-state index is 0. The van der Waals surface area contributed by atoms with Crippen molar-refractivity contribution in [3.8, 4) is 0 Å². The average Bonchev–Trinajstić information content (AvgIpc) is 2.46. The molecule has 22 heavy (non-hydrogen) atoms. The standard InChI is InChI=1S/C14H21Cl2N5.HI/c15-10-8-12(16)13(20-9-10)18-6-7-19-14(17)21-11-4-2-1-3-5-11;/h8-9,11H,1-7H2,(H,18,20)(H3,17,19,21);1H. The maximum Gasteiger partial charge on any atom is 0.188 e. The lowest BCUT2D eigenvalue weighted by molar-refractivity contribution is 0.412. The van der Waals surface area contributed by atoms with E-state index in [1.807, 2.05) is 0 Å². The zero-order valence-corrected chi connectivity index (χ0v) is 16.2. The van der Waals surface area contributed by atoms with E-state index >= 15 is 0 Å². The van der Waals surface area contributed by atoms with E-state index in [0.717, 1.165) is 0 Å². The van der Waals surface area contributed by atoms with Crippen molar-refractivity contribution in [3.63, 3.8) is 0 Å². The zero-order valence-electron chi connectivity index (χ0n) is 12.3. The molecule has 1 aromatic heterocycles. The van der Waals surface area contributed by atoms with Gasteiger partial charge < -0.3 is 16.4 Å². The van der Waals surface area contributed by atoms with Crippen LogP contribution in [0.3, 0.4) is 0 Å². The molecule has 0 radical (unpaired) electrons. The molecule has 1 saturated carbocycles. The van der Waals surface area contributed by atoms with Crippen LogP contribution in [-0.2, 0) is 0 Å². The lowest BCUT2D eigenvalue weighted by Crippen LogP contribution is -2.41. The highest BCUT2D eigenvalue weighted by Crippen LogP contribution is 2.22. The van der Waals surface area contributed by atoms with E-state index in [9.17, 15) is 0 Å². The quantitative estimate of drug-likeness (QED) is 0.273. The minimum Gasteiger partial charge on any atom is -0.370 e. The molecule has 124 valence electrons. The highest BCUT2D eigenvalue weighted by Gasteiger charge is 2.13. The molecule has 0 saturated heterocycles. The summed E-state index contributed by atoms with van der Waals surface area (Å²) in [4.78, 5) is 8.42. The van der Waals surface area contributed by atoms with Crippen LogP contribution in [0.1, 0.15) is 32.1 Å². The van der Waals surface area contributed by atoms with Gasteiger partial charge in [-0.2, -0.15) is 0 Å². The van der Waals surface area contributed by atoms with E-state index in [-0.39, 0.29) is 24.0 Å². The fourth-order valence-corrected chi connectivity index (χ4v) is 2.84. The van der Waals surface area contributed by atoms with E-state index in [1.54, 1.807) is 12.3 Å². The van der Waals surface area contributed by atoms with Crippen molar-refractivity contribution in [2.24, 2.45) is 10.7 Å². The third kappa shape index (κ3) is 6.75. The number of anilines is 1. The Kier molecular flexibility index (Phi) is 9.19. The molecule has 1 aliphatic rings. The smallest absolute Gasteiger partial charge is 0.188 e. The third-order valence-corrected chi connectivity index (χ3v) is 3.95. The van der Waals surface area contributed by atoms with Crippen LogP contribution in [0.4, 0.5) is 5.82 Å². The van der Waals surface area contributed by atoms with Crippen molar-refractivity contribution in [1.29, 1.82) is 0 Å². The molecule has 1 aliphatic carbocycles. The summed E-state index contributed by atoms with van der Waals surface area (Å²) >= 11 is 11.8. The summed E-state index contributed by atoms with van der Waals surface area (Å²) in [5.74, 6) is 1.12. The molecule has 0 spiro atoms. The Hall–Kier alpha value is -0.470. The third-order valence-electron chi connectivity index (χ3n) is 3.45. The van der Waals surface area contributed by atoms with E-state index in [4.69, 9.17) is 28.9 Å². The first-order chi connectivity index (χ1) is 10.1. The Morgan fingerprint density at radius 2 is 2.05 bits per heavy atom. The molecule has 5 nitrogen and oxygen atoms in total. The fourth-order valence-electron chi connectivity index (χ4n) is 2.40. The van der Waals surface area contributed by atoms with Gasteiger partial charge in [0, 0.05) is 18.8 Å². The first kappa shape index (κ1) is 19.6. The predicted molar refractivity (Wildman–Crippen MR) is 105 cm³/mol. The number of guanidine groups is 1. The number of nitrogens with zero attached hydrogens (tertiary/aromatic N) is 2. The monoisotopic (exact) mass is 457 g/mol. The number of aliphatic imine (C=N–C) groups is 1. The molecule has 0 aromatic carbocycles. The summed E-state index contributed by atoms with van der Waals surface area (Å²) in [6.07, 6.45) is 7.78. The largest absolute Gasteiger partial charge is 0.370 e. The first-order valence-corrected chi connectivity index (χ1v) is 8.02. The highest BCUT2D eigenvalue weighted by molar-refractivity contribution is 14.0. The Bertz CT molecular complexity index is 492. The van der Waals surface area contributed by atoms with Gasteiger partial charge >= 0.3 is 0 Å². The number of pyridine rings is 1.